The Morgan fingerprint density at radius 2 is 1.77 bits per heavy atom. The zero-order valence-corrected chi connectivity index (χ0v) is 29.8. The minimum Gasteiger partial charge on any atom is -0.444 e. The summed E-state index contributed by atoms with van der Waals surface area (Å²) in [6.07, 6.45) is 6.01. The average Bonchev–Trinajstić information content (AvgIpc) is 3.99. The van der Waals surface area contributed by atoms with Crippen molar-refractivity contribution in [1.82, 2.24) is 25.2 Å². The Kier molecular flexibility index (Phi) is 10.3. The van der Waals surface area contributed by atoms with Gasteiger partial charge >= 0.3 is 6.09 Å². The van der Waals surface area contributed by atoms with Gasteiger partial charge in [0.2, 0.25) is 21.8 Å². The Labute approximate surface area is 305 Å². The number of fused-ring (bicyclic) bond motifs is 3. The number of nitrogens with one attached hydrogen (secondary N) is 3. The van der Waals surface area contributed by atoms with E-state index in [1.54, 1.807) is 12.1 Å². The van der Waals surface area contributed by atoms with Gasteiger partial charge in [-0.1, -0.05) is 37.1 Å². The van der Waals surface area contributed by atoms with E-state index in [-0.39, 0.29) is 44.6 Å². The highest BCUT2D eigenvalue weighted by Gasteiger charge is 2.62. The summed E-state index contributed by atoms with van der Waals surface area (Å²) >= 11 is 0. The lowest BCUT2D eigenvalue weighted by Gasteiger charge is -2.30. The van der Waals surface area contributed by atoms with E-state index in [1.165, 1.54) is 15.9 Å². The molecule has 5 aliphatic rings. The highest BCUT2D eigenvalue weighted by atomic mass is 32.2. The number of hydrogen-bond donors (Lipinski definition) is 3. The van der Waals surface area contributed by atoms with E-state index in [2.05, 4.69) is 15.4 Å². The number of amides is 4. The van der Waals surface area contributed by atoms with E-state index in [0.29, 0.717) is 43.2 Å². The first-order valence-corrected chi connectivity index (χ1v) is 19.6. The van der Waals surface area contributed by atoms with E-state index in [4.69, 9.17) is 4.74 Å². The zero-order chi connectivity index (χ0) is 37.5. The lowest BCUT2D eigenvalue weighted by molar-refractivity contribution is -0.141. The first-order chi connectivity index (χ1) is 25.3. The molecular weight excluding hydrogens is 715 g/mol. The maximum Gasteiger partial charge on any atom is 0.410 e. The highest BCUT2D eigenvalue weighted by Crippen LogP contribution is 2.46. The molecule has 2 aliphatic carbocycles. The van der Waals surface area contributed by atoms with Crippen molar-refractivity contribution in [1.29, 1.82) is 0 Å². The SMILES string of the molecule is O=C1N[C@]2(C(=O)NS(=O)(=O)C3CC3)C[C@@H]2/C=C\CCCCC[C@H](NCc2cc(F)cc(F)c2)C(=O)N2C[C@H](OC(=O)N3Cc4cccc(F)c4C3)C[C@@H]12. The van der Waals surface area contributed by atoms with Crippen LogP contribution >= 0.6 is 0 Å². The summed E-state index contributed by atoms with van der Waals surface area (Å²) in [6, 6.07) is 5.53. The topological polar surface area (TPSA) is 154 Å². The van der Waals surface area contributed by atoms with Crippen LogP contribution in [0.2, 0.25) is 0 Å². The van der Waals surface area contributed by atoms with Crippen molar-refractivity contribution in [2.45, 2.75) is 106 Å². The van der Waals surface area contributed by atoms with Gasteiger partial charge in [0.25, 0.3) is 5.91 Å². The van der Waals surface area contributed by atoms with E-state index in [9.17, 15) is 40.8 Å². The molecule has 53 heavy (non-hydrogen) atoms. The molecule has 4 amide bonds. The zero-order valence-electron chi connectivity index (χ0n) is 29.0. The summed E-state index contributed by atoms with van der Waals surface area (Å²) in [7, 11) is -3.93. The van der Waals surface area contributed by atoms with Crippen LogP contribution in [0.15, 0.2) is 48.6 Å². The van der Waals surface area contributed by atoms with Gasteiger partial charge in [-0.25, -0.2) is 26.4 Å². The van der Waals surface area contributed by atoms with Gasteiger partial charge < -0.3 is 20.3 Å². The number of rotatable bonds is 7. The van der Waals surface area contributed by atoms with Crippen LogP contribution in [0, 0.1) is 23.4 Å². The maximum absolute atomic E-state index is 14.4. The number of sulfonamides is 1. The fourth-order valence-electron chi connectivity index (χ4n) is 7.58. The van der Waals surface area contributed by atoms with Gasteiger partial charge in [0.1, 0.15) is 35.1 Å². The Balaban J connectivity index is 1.14. The molecule has 5 atom stereocenters. The summed E-state index contributed by atoms with van der Waals surface area (Å²) in [5.41, 5.74) is -0.270. The molecule has 0 spiro atoms. The molecule has 3 heterocycles. The Bertz CT molecular complexity index is 1920. The van der Waals surface area contributed by atoms with Gasteiger partial charge in [0, 0.05) is 37.1 Å². The number of allylic oxidation sites excluding steroid dienone is 1. The molecule has 2 saturated carbocycles. The van der Waals surface area contributed by atoms with Crippen LogP contribution in [0.25, 0.3) is 0 Å². The van der Waals surface area contributed by atoms with Gasteiger partial charge in [0.15, 0.2) is 0 Å². The number of hydrogen-bond acceptors (Lipinski definition) is 8. The van der Waals surface area contributed by atoms with Crippen molar-refractivity contribution in [3.05, 3.63) is 82.7 Å². The van der Waals surface area contributed by atoms with Gasteiger partial charge in [-0.3, -0.25) is 24.0 Å². The maximum atomic E-state index is 14.4. The summed E-state index contributed by atoms with van der Waals surface area (Å²) in [4.78, 5) is 58.2. The minimum atomic E-state index is -3.93. The molecule has 284 valence electrons. The average molecular weight is 758 g/mol. The molecule has 2 aromatic rings. The molecule has 0 bridgehead atoms. The van der Waals surface area contributed by atoms with E-state index in [1.807, 2.05) is 12.2 Å². The number of carbonyl (C=O) groups excluding carboxylic acids is 4. The van der Waals surface area contributed by atoms with Crippen molar-refractivity contribution >= 4 is 33.8 Å². The quantitative estimate of drug-likeness (QED) is 0.362. The van der Waals surface area contributed by atoms with Crippen LogP contribution in [-0.4, -0.2) is 77.6 Å². The second kappa shape index (κ2) is 14.8. The summed E-state index contributed by atoms with van der Waals surface area (Å²) < 4.78 is 75.9. The molecule has 0 radical (unpaired) electrons. The third-order valence-electron chi connectivity index (χ3n) is 10.8. The number of benzene rings is 2. The standard InChI is InChI=1S/C37H42F3N5O7S/c38-25-13-22(14-26(39)15-25)18-41-31-10-5-3-1-2-4-8-24-17-37(24,35(48)43-53(50,51)28-11-12-28)42-33(46)32-16-27(20-45(32)34(31)47)52-36(49)44-19-23-7-6-9-30(40)29(23)21-44/h4,6-9,13-15,24,27-28,31-32,41H,1-3,5,10-12,16-21H2,(H,42,46)(H,43,48)/b8-4-/t24-,27+,31-,32-,37+/m0/s1. The van der Waals surface area contributed by atoms with Crippen molar-refractivity contribution < 1.29 is 45.5 Å². The Morgan fingerprint density at radius 1 is 1.00 bits per heavy atom. The second-order valence-electron chi connectivity index (χ2n) is 14.7. The van der Waals surface area contributed by atoms with Crippen molar-refractivity contribution in [2.75, 3.05) is 6.54 Å². The molecule has 3 fully saturated rings. The molecule has 16 heteroatoms. The van der Waals surface area contributed by atoms with E-state index >= 15 is 0 Å². The molecule has 1 saturated heterocycles. The predicted octanol–water partition coefficient (Wildman–Crippen LogP) is 3.69. The molecule has 0 aromatic heterocycles. The third-order valence-corrected chi connectivity index (χ3v) is 12.6. The summed E-state index contributed by atoms with van der Waals surface area (Å²) in [5, 5.41) is 5.23. The summed E-state index contributed by atoms with van der Waals surface area (Å²) in [6.45, 7) is -0.121. The fourth-order valence-corrected chi connectivity index (χ4v) is 8.95. The van der Waals surface area contributed by atoms with Crippen molar-refractivity contribution in [3.8, 4) is 0 Å². The number of carbonyl (C=O) groups is 4. The first-order valence-electron chi connectivity index (χ1n) is 18.1. The molecule has 0 unspecified atom stereocenters. The lowest BCUT2D eigenvalue weighted by atomic mass is 10.0. The molecule has 2 aromatic carbocycles. The molecule has 3 aliphatic heterocycles. The highest BCUT2D eigenvalue weighted by molar-refractivity contribution is 7.91. The second-order valence-corrected chi connectivity index (χ2v) is 16.7. The van der Waals surface area contributed by atoms with Crippen LogP contribution < -0.4 is 15.4 Å². The fraction of sp³-hybridized carbons (Fsp3) is 0.514. The van der Waals surface area contributed by atoms with Gasteiger partial charge in [0.05, 0.1) is 24.4 Å². The smallest absolute Gasteiger partial charge is 0.410 e. The van der Waals surface area contributed by atoms with Crippen LogP contribution in [0.1, 0.15) is 74.5 Å². The van der Waals surface area contributed by atoms with Gasteiger partial charge in [-0.2, -0.15) is 0 Å². The normalized spacial score (nSPS) is 28.1. The Morgan fingerprint density at radius 3 is 2.51 bits per heavy atom. The van der Waals surface area contributed by atoms with E-state index < -0.39 is 86.2 Å². The van der Waals surface area contributed by atoms with Gasteiger partial charge in [-0.15, -0.1) is 0 Å². The largest absolute Gasteiger partial charge is 0.444 e. The Hall–Kier alpha value is -4.44. The van der Waals surface area contributed by atoms with Crippen LogP contribution in [0.3, 0.4) is 0 Å². The van der Waals surface area contributed by atoms with E-state index in [0.717, 1.165) is 31.0 Å². The molecular formula is C37H42F3N5O7S. The predicted molar refractivity (Wildman–Crippen MR) is 184 cm³/mol. The molecule has 7 rings (SSSR count). The van der Waals surface area contributed by atoms with Gasteiger partial charge in [-0.05, 0) is 67.9 Å². The molecule has 3 N–H and O–H groups in total. The number of nitrogens with zero attached hydrogens (tertiary/aromatic N) is 2. The third kappa shape index (κ3) is 8.08. The van der Waals surface area contributed by atoms with Crippen LogP contribution in [0.5, 0.6) is 0 Å². The summed E-state index contributed by atoms with van der Waals surface area (Å²) in [5.74, 6) is -4.54. The number of halogens is 3. The lowest BCUT2D eigenvalue weighted by Crippen LogP contribution is -2.58. The molecule has 12 nitrogen and oxygen atoms in total. The van der Waals surface area contributed by atoms with Crippen molar-refractivity contribution in [3.63, 3.8) is 0 Å². The van der Waals surface area contributed by atoms with Crippen LogP contribution in [0.4, 0.5) is 18.0 Å². The first kappa shape index (κ1) is 36.9. The van der Waals surface area contributed by atoms with Crippen molar-refractivity contribution in [2.24, 2.45) is 5.92 Å². The monoisotopic (exact) mass is 757 g/mol. The minimum absolute atomic E-state index is 0.0108. The van der Waals surface area contributed by atoms with Crippen LogP contribution in [-0.2, 0) is 48.8 Å². The number of ether oxygens (including phenoxy) is 1.